The zero-order chi connectivity index (χ0) is 18.4. The van der Waals surface area contributed by atoms with Gasteiger partial charge in [0.05, 0.1) is 10.5 Å². The molecule has 0 aliphatic rings. The summed E-state index contributed by atoms with van der Waals surface area (Å²) in [6.45, 7) is 0. The smallest absolute Gasteiger partial charge is 0.345 e. The third-order valence-electron chi connectivity index (χ3n) is 2.98. The number of nitrogens with zero attached hydrogens (tertiary/aromatic N) is 1. The average molecular weight is 358 g/mol. The molecule has 0 aliphatic heterocycles. The lowest BCUT2D eigenvalue weighted by atomic mass is 10.1. The molecule has 0 unspecified atom stereocenters. The average Bonchev–Trinajstić information content (AvgIpc) is 2.59. The Balaban J connectivity index is 2.42. The number of ether oxygens (including phenoxy) is 1. The van der Waals surface area contributed by atoms with E-state index in [0.29, 0.717) is 0 Å². The Hall–Kier alpha value is -3.33. The van der Waals surface area contributed by atoms with E-state index in [1.54, 1.807) is 0 Å². The Morgan fingerprint density at radius 3 is 2.52 bits per heavy atom. The number of carbonyl (C=O) groups excluding carboxylic acids is 2. The summed E-state index contributed by atoms with van der Waals surface area (Å²) >= 11 is 0. The van der Waals surface area contributed by atoms with Crippen LogP contribution in [0.3, 0.4) is 0 Å². The summed E-state index contributed by atoms with van der Waals surface area (Å²) in [4.78, 5) is 34.1. The summed E-state index contributed by atoms with van der Waals surface area (Å²) in [5.74, 6) is -2.99. The lowest BCUT2D eigenvalue weighted by Gasteiger charge is -2.09. The SMILES string of the molecule is O=C(/C=C(/C(=O)Oc1ccccc1[N+](=O)[O-])c1cccc(F)c1)O[Si]. The maximum atomic E-state index is 13.4. The molecule has 0 heterocycles. The van der Waals surface area contributed by atoms with Crippen molar-refractivity contribution in [1.29, 1.82) is 0 Å². The highest BCUT2D eigenvalue weighted by atomic mass is 28.2. The van der Waals surface area contributed by atoms with Crippen LogP contribution in [-0.2, 0) is 14.0 Å². The number of para-hydroxylation sites is 2. The van der Waals surface area contributed by atoms with Crippen molar-refractivity contribution in [1.82, 2.24) is 0 Å². The van der Waals surface area contributed by atoms with Crippen LogP contribution in [0.5, 0.6) is 5.75 Å². The third kappa shape index (κ3) is 4.58. The van der Waals surface area contributed by atoms with Crippen LogP contribution in [0.1, 0.15) is 5.56 Å². The number of rotatable bonds is 5. The molecule has 0 aliphatic carbocycles. The number of hydrogen-bond acceptors (Lipinski definition) is 6. The van der Waals surface area contributed by atoms with Gasteiger partial charge in [0, 0.05) is 12.1 Å². The van der Waals surface area contributed by atoms with Crippen molar-refractivity contribution in [3.05, 3.63) is 76.1 Å². The minimum atomic E-state index is -1.09. The van der Waals surface area contributed by atoms with Crippen LogP contribution < -0.4 is 4.74 Å². The molecule has 2 aromatic carbocycles. The largest absolute Gasteiger partial charge is 0.513 e. The van der Waals surface area contributed by atoms with Crippen LogP contribution in [0.25, 0.3) is 5.57 Å². The Morgan fingerprint density at radius 2 is 1.88 bits per heavy atom. The topological polar surface area (TPSA) is 95.7 Å². The Labute approximate surface area is 144 Å². The van der Waals surface area contributed by atoms with Crippen LogP contribution in [0.4, 0.5) is 10.1 Å². The second-order valence-corrected chi connectivity index (χ2v) is 4.81. The van der Waals surface area contributed by atoms with Crippen LogP contribution in [0, 0.1) is 15.9 Å². The lowest BCUT2D eigenvalue weighted by Crippen LogP contribution is -2.13. The first-order chi connectivity index (χ1) is 11.9. The van der Waals surface area contributed by atoms with Crippen molar-refractivity contribution in [2.24, 2.45) is 0 Å². The zero-order valence-electron chi connectivity index (χ0n) is 12.5. The van der Waals surface area contributed by atoms with E-state index in [1.165, 1.54) is 30.3 Å². The maximum Gasteiger partial charge on any atom is 0.345 e. The first-order valence-corrected chi connectivity index (χ1v) is 7.14. The van der Waals surface area contributed by atoms with Crippen LogP contribution in [0.2, 0.25) is 0 Å². The van der Waals surface area contributed by atoms with E-state index >= 15 is 0 Å². The molecule has 25 heavy (non-hydrogen) atoms. The lowest BCUT2D eigenvalue weighted by molar-refractivity contribution is -0.385. The molecule has 0 N–H and O–H groups in total. The van der Waals surface area contributed by atoms with Crippen LogP contribution >= 0.6 is 0 Å². The molecule has 0 fully saturated rings. The maximum absolute atomic E-state index is 13.4. The number of nitro benzene ring substituents is 1. The molecule has 0 saturated heterocycles. The van der Waals surface area contributed by atoms with Gasteiger partial charge in [-0.2, -0.15) is 0 Å². The molecule has 0 bridgehead atoms. The Kier molecular flexibility index (Phi) is 5.74. The molecule has 0 spiro atoms. The van der Waals surface area contributed by atoms with Gasteiger partial charge in [-0.1, -0.05) is 24.3 Å². The van der Waals surface area contributed by atoms with Crippen molar-refractivity contribution in [3.8, 4) is 5.75 Å². The molecule has 2 aromatic rings. The molecule has 3 radical (unpaired) electrons. The minimum absolute atomic E-state index is 0.0423. The van der Waals surface area contributed by atoms with E-state index in [4.69, 9.17) is 4.74 Å². The molecule has 0 amide bonds. The van der Waals surface area contributed by atoms with E-state index in [2.05, 4.69) is 14.9 Å². The van der Waals surface area contributed by atoms with E-state index in [-0.39, 0.29) is 16.9 Å². The van der Waals surface area contributed by atoms with Gasteiger partial charge in [0.1, 0.15) is 5.82 Å². The van der Waals surface area contributed by atoms with Gasteiger partial charge >= 0.3 is 28.1 Å². The fourth-order valence-electron chi connectivity index (χ4n) is 1.91. The number of nitro groups is 1. The van der Waals surface area contributed by atoms with Gasteiger partial charge in [-0.25, -0.2) is 14.0 Å². The molecule has 2 rings (SSSR count). The van der Waals surface area contributed by atoms with Gasteiger partial charge in [0.2, 0.25) is 5.75 Å². The van der Waals surface area contributed by atoms with Crippen molar-refractivity contribution in [2.75, 3.05) is 0 Å². The number of halogens is 1. The standard InChI is InChI=1S/C16H9FNO6Si/c17-11-5-3-4-10(8-11)12(9-15(19)24-25)16(20)23-14-7-2-1-6-13(14)18(21)22/h1-9H/b12-9+. The van der Waals surface area contributed by atoms with Crippen molar-refractivity contribution >= 4 is 33.7 Å². The summed E-state index contributed by atoms with van der Waals surface area (Å²) in [6, 6.07) is 10.1. The van der Waals surface area contributed by atoms with E-state index < -0.39 is 28.4 Å². The summed E-state index contributed by atoms with van der Waals surface area (Å²) in [5, 5.41) is 11.0. The third-order valence-corrected chi connectivity index (χ3v) is 3.18. The Morgan fingerprint density at radius 1 is 1.16 bits per heavy atom. The second kappa shape index (κ2) is 7.97. The second-order valence-electron chi connectivity index (χ2n) is 4.60. The number of benzene rings is 2. The fourth-order valence-corrected chi connectivity index (χ4v) is 1.97. The molecule has 7 nitrogen and oxygen atoms in total. The predicted octanol–water partition coefficient (Wildman–Crippen LogP) is 2.35. The fraction of sp³-hybridized carbons (Fsp3) is 0. The highest BCUT2D eigenvalue weighted by Crippen LogP contribution is 2.28. The van der Waals surface area contributed by atoms with Gasteiger partial charge in [-0.05, 0) is 23.8 Å². The zero-order valence-corrected chi connectivity index (χ0v) is 13.5. The summed E-state index contributed by atoms with van der Waals surface area (Å²) in [6.07, 6.45) is 0.777. The summed E-state index contributed by atoms with van der Waals surface area (Å²) in [5.41, 5.74) is -0.723. The van der Waals surface area contributed by atoms with Gasteiger partial charge in [0.15, 0.2) is 0 Å². The van der Waals surface area contributed by atoms with Gasteiger partial charge in [-0.3, -0.25) is 10.1 Å². The first-order valence-electron chi connectivity index (χ1n) is 6.73. The van der Waals surface area contributed by atoms with E-state index in [0.717, 1.165) is 24.3 Å². The normalized spacial score (nSPS) is 10.9. The Bertz CT molecular complexity index is 867. The predicted molar refractivity (Wildman–Crippen MR) is 85.0 cm³/mol. The number of carbonyl (C=O) groups is 2. The molecular formula is C16H9FNO6Si. The number of hydrogen-bond donors (Lipinski definition) is 0. The summed E-state index contributed by atoms with van der Waals surface area (Å²) in [7, 11) is 2.52. The van der Waals surface area contributed by atoms with E-state index in [9.17, 15) is 24.1 Å². The molecule has 0 saturated carbocycles. The minimum Gasteiger partial charge on any atom is -0.513 e. The van der Waals surface area contributed by atoms with E-state index in [1.807, 2.05) is 0 Å². The molecule has 0 aromatic heterocycles. The molecule has 9 heteroatoms. The van der Waals surface area contributed by atoms with Crippen molar-refractivity contribution < 1.29 is 28.1 Å². The first kappa shape index (κ1) is 18.0. The van der Waals surface area contributed by atoms with Gasteiger partial charge in [0.25, 0.3) is 0 Å². The van der Waals surface area contributed by atoms with Crippen LogP contribution in [-0.4, -0.2) is 27.3 Å². The number of esters is 1. The monoisotopic (exact) mass is 358 g/mol. The van der Waals surface area contributed by atoms with Gasteiger partial charge in [-0.15, -0.1) is 0 Å². The highest BCUT2D eigenvalue weighted by Gasteiger charge is 2.22. The summed E-state index contributed by atoms with van der Waals surface area (Å²) < 4.78 is 22.7. The molecule has 125 valence electrons. The molecular weight excluding hydrogens is 349 g/mol. The molecule has 0 atom stereocenters. The van der Waals surface area contributed by atoms with Crippen molar-refractivity contribution in [3.63, 3.8) is 0 Å². The van der Waals surface area contributed by atoms with Gasteiger partial charge < -0.3 is 9.16 Å². The van der Waals surface area contributed by atoms with Crippen molar-refractivity contribution in [2.45, 2.75) is 0 Å². The quantitative estimate of drug-likeness (QED) is 0.203. The highest BCUT2D eigenvalue weighted by molar-refractivity contribution is 6.22. The van der Waals surface area contributed by atoms with Crippen LogP contribution in [0.15, 0.2) is 54.6 Å².